The van der Waals surface area contributed by atoms with Gasteiger partial charge in [-0.2, -0.15) is 0 Å². The fourth-order valence-corrected chi connectivity index (χ4v) is 4.48. The number of carbonyl (C=O) groups excluding carboxylic acids is 1. The lowest BCUT2D eigenvalue weighted by Gasteiger charge is -2.24. The summed E-state index contributed by atoms with van der Waals surface area (Å²) in [6, 6.07) is 6.60. The summed E-state index contributed by atoms with van der Waals surface area (Å²) in [6.45, 7) is 13.5. The van der Waals surface area contributed by atoms with Crippen molar-refractivity contribution >= 4 is 5.91 Å². The molecule has 1 aromatic carbocycles. The highest BCUT2D eigenvalue weighted by Gasteiger charge is 2.31. The lowest BCUT2D eigenvalue weighted by atomic mass is 10.0. The summed E-state index contributed by atoms with van der Waals surface area (Å²) in [6.07, 6.45) is 1.66. The van der Waals surface area contributed by atoms with E-state index in [1.165, 1.54) is 16.7 Å². The van der Waals surface area contributed by atoms with Gasteiger partial charge in [0.1, 0.15) is 5.82 Å². The van der Waals surface area contributed by atoms with Gasteiger partial charge in [-0.25, -0.2) is 0 Å². The molecule has 1 amide bonds. The van der Waals surface area contributed by atoms with Crippen LogP contribution in [-0.4, -0.2) is 51.9 Å². The van der Waals surface area contributed by atoms with Crippen LogP contribution in [0.2, 0.25) is 0 Å². The van der Waals surface area contributed by atoms with E-state index in [4.69, 9.17) is 4.74 Å². The Bertz CT molecular complexity index is 917. The minimum absolute atomic E-state index is 0.0544. The van der Waals surface area contributed by atoms with Crippen LogP contribution in [0.4, 0.5) is 0 Å². The van der Waals surface area contributed by atoms with E-state index in [0.717, 1.165) is 50.7 Å². The average Bonchev–Trinajstić information content (AvgIpc) is 3.37. The van der Waals surface area contributed by atoms with Gasteiger partial charge in [-0.05, 0) is 42.9 Å². The molecule has 0 spiro atoms. The predicted octanol–water partition coefficient (Wildman–Crippen LogP) is 2.80. The Labute approximate surface area is 185 Å². The number of nitrogens with one attached hydrogen (secondary N) is 1. The van der Waals surface area contributed by atoms with Gasteiger partial charge in [-0.3, -0.25) is 9.69 Å². The molecule has 1 aromatic heterocycles. The van der Waals surface area contributed by atoms with Crippen molar-refractivity contribution < 1.29 is 9.53 Å². The summed E-state index contributed by atoms with van der Waals surface area (Å²) in [4.78, 5) is 15.2. The third-order valence-corrected chi connectivity index (χ3v) is 6.67. The van der Waals surface area contributed by atoms with E-state index in [0.29, 0.717) is 13.2 Å². The van der Waals surface area contributed by atoms with Crippen LogP contribution in [-0.2, 0) is 29.0 Å². The van der Waals surface area contributed by atoms with Gasteiger partial charge in [-0.1, -0.05) is 32.0 Å². The molecule has 7 nitrogen and oxygen atoms in total. The van der Waals surface area contributed by atoms with Crippen LogP contribution in [0.1, 0.15) is 54.6 Å². The van der Waals surface area contributed by atoms with Crippen LogP contribution >= 0.6 is 0 Å². The van der Waals surface area contributed by atoms with Gasteiger partial charge >= 0.3 is 0 Å². The standard InChI is InChI=1S/C24H35N5O2/c1-16(2)22(25-24(30)20-8-12-31-15-20)23-27-26-21-7-9-28(10-11-29(21)23)14-19-6-5-17(3)18(4)13-19/h5-6,13,16,20,22H,7-12,14-15H2,1-4H3,(H,25,30). The minimum atomic E-state index is -0.138. The van der Waals surface area contributed by atoms with Gasteiger partial charge in [-0.15, -0.1) is 10.2 Å². The highest BCUT2D eigenvalue weighted by atomic mass is 16.5. The van der Waals surface area contributed by atoms with E-state index in [1.54, 1.807) is 0 Å². The van der Waals surface area contributed by atoms with E-state index in [2.05, 4.69) is 70.9 Å². The Kier molecular flexibility index (Phi) is 6.72. The molecule has 2 aliphatic heterocycles. The first-order valence-corrected chi connectivity index (χ1v) is 11.5. The zero-order chi connectivity index (χ0) is 22.0. The monoisotopic (exact) mass is 425 g/mol. The summed E-state index contributed by atoms with van der Waals surface area (Å²) < 4.78 is 7.63. The summed E-state index contributed by atoms with van der Waals surface area (Å²) >= 11 is 0. The summed E-state index contributed by atoms with van der Waals surface area (Å²) in [5.74, 6) is 2.14. The highest BCUT2D eigenvalue weighted by molar-refractivity contribution is 5.79. The smallest absolute Gasteiger partial charge is 0.226 e. The number of carbonyl (C=O) groups is 1. The van der Waals surface area contributed by atoms with Crippen LogP contribution in [0, 0.1) is 25.7 Å². The number of hydrogen-bond acceptors (Lipinski definition) is 5. The molecule has 1 saturated heterocycles. The molecule has 2 atom stereocenters. The fraction of sp³-hybridized carbons (Fsp3) is 0.625. The largest absolute Gasteiger partial charge is 0.381 e. The quantitative estimate of drug-likeness (QED) is 0.771. The predicted molar refractivity (Wildman–Crippen MR) is 120 cm³/mol. The summed E-state index contributed by atoms with van der Waals surface area (Å²) in [5.41, 5.74) is 4.03. The van der Waals surface area contributed by atoms with Crippen molar-refractivity contribution in [1.29, 1.82) is 0 Å². The first-order chi connectivity index (χ1) is 14.9. The molecule has 0 aliphatic carbocycles. The third-order valence-electron chi connectivity index (χ3n) is 6.67. The van der Waals surface area contributed by atoms with Gasteiger partial charge in [0.2, 0.25) is 5.91 Å². The Morgan fingerprint density at radius 1 is 1.19 bits per heavy atom. The molecular weight excluding hydrogens is 390 g/mol. The fourth-order valence-electron chi connectivity index (χ4n) is 4.48. The van der Waals surface area contributed by atoms with Gasteiger partial charge < -0.3 is 14.6 Å². The van der Waals surface area contributed by atoms with Crippen LogP contribution in [0.3, 0.4) is 0 Å². The molecular formula is C24H35N5O2. The van der Waals surface area contributed by atoms with Crippen LogP contribution in [0.15, 0.2) is 18.2 Å². The number of rotatable bonds is 6. The SMILES string of the molecule is Cc1ccc(CN2CCc3nnc(C(NC(=O)C4CCOC4)C(C)C)n3CC2)cc1C. The first-order valence-electron chi connectivity index (χ1n) is 11.5. The highest BCUT2D eigenvalue weighted by Crippen LogP contribution is 2.24. The van der Waals surface area contributed by atoms with Crippen molar-refractivity contribution in [2.45, 2.75) is 59.7 Å². The molecule has 168 valence electrons. The Morgan fingerprint density at radius 3 is 2.74 bits per heavy atom. The van der Waals surface area contributed by atoms with Gasteiger partial charge in [0.15, 0.2) is 5.82 Å². The van der Waals surface area contributed by atoms with Gasteiger partial charge in [0.25, 0.3) is 0 Å². The molecule has 2 aliphatic rings. The second-order valence-electron chi connectivity index (χ2n) is 9.36. The van der Waals surface area contributed by atoms with E-state index < -0.39 is 0 Å². The Morgan fingerprint density at radius 2 is 2.03 bits per heavy atom. The number of fused-ring (bicyclic) bond motifs is 1. The number of aryl methyl sites for hydroxylation is 2. The maximum Gasteiger partial charge on any atom is 0.226 e. The van der Waals surface area contributed by atoms with Crippen LogP contribution in [0.5, 0.6) is 0 Å². The zero-order valence-electron chi connectivity index (χ0n) is 19.2. The lowest BCUT2D eigenvalue weighted by molar-refractivity contribution is -0.126. The van der Waals surface area contributed by atoms with Crippen molar-refractivity contribution in [3.05, 3.63) is 46.5 Å². The number of hydrogen-bond donors (Lipinski definition) is 1. The number of benzene rings is 1. The summed E-state index contributed by atoms with van der Waals surface area (Å²) in [7, 11) is 0. The molecule has 2 aromatic rings. The zero-order valence-corrected chi connectivity index (χ0v) is 19.2. The second-order valence-corrected chi connectivity index (χ2v) is 9.36. The maximum absolute atomic E-state index is 12.7. The molecule has 0 saturated carbocycles. The first kappa shape index (κ1) is 22.0. The van der Waals surface area contributed by atoms with Crippen molar-refractivity contribution in [3.8, 4) is 0 Å². The third kappa shape index (κ3) is 4.99. The van der Waals surface area contributed by atoms with Crippen LogP contribution < -0.4 is 5.32 Å². The number of amides is 1. The molecule has 0 bridgehead atoms. The normalized spacial score (nSPS) is 20.5. The Balaban J connectivity index is 1.45. The van der Waals surface area contributed by atoms with E-state index in [1.807, 2.05) is 0 Å². The molecule has 1 N–H and O–H groups in total. The molecule has 7 heteroatoms. The topological polar surface area (TPSA) is 72.3 Å². The molecule has 3 heterocycles. The van der Waals surface area contributed by atoms with Crippen molar-refractivity contribution in [3.63, 3.8) is 0 Å². The maximum atomic E-state index is 12.7. The molecule has 2 unspecified atom stereocenters. The van der Waals surface area contributed by atoms with Crippen molar-refractivity contribution in [2.24, 2.45) is 11.8 Å². The Hall–Kier alpha value is -2.25. The second kappa shape index (κ2) is 9.49. The van der Waals surface area contributed by atoms with Gasteiger partial charge in [0, 0.05) is 39.2 Å². The molecule has 0 radical (unpaired) electrons. The lowest BCUT2D eigenvalue weighted by Crippen LogP contribution is -2.38. The number of aromatic nitrogens is 3. The number of nitrogens with zero attached hydrogens (tertiary/aromatic N) is 4. The van der Waals surface area contributed by atoms with Crippen LogP contribution in [0.25, 0.3) is 0 Å². The number of ether oxygens (including phenoxy) is 1. The average molecular weight is 426 g/mol. The molecule has 4 rings (SSSR count). The summed E-state index contributed by atoms with van der Waals surface area (Å²) in [5, 5.41) is 12.3. The molecule has 31 heavy (non-hydrogen) atoms. The minimum Gasteiger partial charge on any atom is -0.381 e. The van der Waals surface area contributed by atoms with Crippen molar-refractivity contribution in [1.82, 2.24) is 25.0 Å². The van der Waals surface area contributed by atoms with E-state index in [9.17, 15) is 4.79 Å². The van der Waals surface area contributed by atoms with E-state index in [-0.39, 0.29) is 23.8 Å². The molecule has 1 fully saturated rings. The van der Waals surface area contributed by atoms with Gasteiger partial charge in [0.05, 0.1) is 18.6 Å². The van der Waals surface area contributed by atoms with E-state index >= 15 is 0 Å². The van der Waals surface area contributed by atoms with Crippen molar-refractivity contribution in [2.75, 3.05) is 26.3 Å².